The van der Waals surface area contributed by atoms with Crippen LogP contribution in [-0.2, 0) is 19.7 Å². The number of aryl methyl sites for hydroxylation is 1. The summed E-state index contributed by atoms with van der Waals surface area (Å²) < 4.78 is 8.41. The van der Waals surface area contributed by atoms with Gasteiger partial charge in [-0.25, -0.2) is 0 Å². The summed E-state index contributed by atoms with van der Waals surface area (Å²) in [4.78, 5) is 12.3. The van der Waals surface area contributed by atoms with Crippen LogP contribution in [0.15, 0.2) is 59.2 Å². The van der Waals surface area contributed by atoms with E-state index >= 15 is 0 Å². The molecule has 0 bridgehead atoms. The number of carbonyl (C=O) groups is 1. The smallest absolute Gasteiger partial charge is 0.251 e. The fraction of sp³-hybridized carbons (Fsp3) is 0.200. The lowest BCUT2D eigenvalue weighted by atomic mass is 10.1. The second-order valence-corrected chi connectivity index (χ2v) is 7.19. The van der Waals surface area contributed by atoms with Gasteiger partial charge in [0.25, 0.3) is 5.91 Å². The lowest BCUT2D eigenvalue weighted by Crippen LogP contribution is -2.23. The van der Waals surface area contributed by atoms with Crippen LogP contribution in [0.4, 0.5) is 0 Å². The van der Waals surface area contributed by atoms with Gasteiger partial charge in [0.1, 0.15) is 12.4 Å². The molecule has 0 atom stereocenters. The van der Waals surface area contributed by atoms with Crippen molar-refractivity contribution in [2.75, 3.05) is 0 Å². The molecule has 3 aromatic rings. The van der Waals surface area contributed by atoms with Gasteiger partial charge in [0, 0.05) is 23.3 Å². The SMILES string of the molecule is CCn1cc(Br)c(CNC(=O)c2ccc(COc3ccc(Cl)cc3)cc2)n1. The van der Waals surface area contributed by atoms with E-state index in [9.17, 15) is 4.79 Å². The number of rotatable bonds is 7. The minimum Gasteiger partial charge on any atom is -0.489 e. The van der Waals surface area contributed by atoms with Crippen molar-refractivity contribution in [3.8, 4) is 5.75 Å². The number of ether oxygens (including phenoxy) is 1. The van der Waals surface area contributed by atoms with Crippen LogP contribution in [0, 0.1) is 0 Å². The van der Waals surface area contributed by atoms with E-state index in [0.717, 1.165) is 28.0 Å². The van der Waals surface area contributed by atoms with Crippen LogP contribution in [0.3, 0.4) is 0 Å². The molecule has 0 saturated carbocycles. The Hall–Kier alpha value is -2.31. The Kier molecular flexibility index (Phi) is 6.53. The number of hydrogen-bond acceptors (Lipinski definition) is 3. The molecule has 3 rings (SSSR count). The molecule has 1 amide bonds. The molecule has 140 valence electrons. The Labute approximate surface area is 171 Å². The number of carbonyl (C=O) groups excluding carboxylic acids is 1. The summed E-state index contributed by atoms with van der Waals surface area (Å²) in [5.41, 5.74) is 2.38. The van der Waals surface area contributed by atoms with Crippen molar-refractivity contribution in [1.29, 1.82) is 0 Å². The number of hydrogen-bond donors (Lipinski definition) is 1. The highest BCUT2D eigenvalue weighted by atomic mass is 79.9. The van der Waals surface area contributed by atoms with Gasteiger partial charge in [0.2, 0.25) is 0 Å². The molecule has 0 spiro atoms. The highest BCUT2D eigenvalue weighted by Crippen LogP contribution is 2.17. The maximum atomic E-state index is 12.3. The maximum absolute atomic E-state index is 12.3. The van der Waals surface area contributed by atoms with Crippen molar-refractivity contribution >= 4 is 33.4 Å². The number of benzene rings is 2. The average Bonchev–Trinajstić information content (AvgIpc) is 3.06. The van der Waals surface area contributed by atoms with Crippen LogP contribution < -0.4 is 10.1 Å². The fourth-order valence-electron chi connectivity index (χ4n) is 2.43. The lowest BCUT2D eigenvalue weighted by molar-refractivity contribution is 0.0950. The Morgan fingerprint density at radius 2 is 1.89 bits per heavy atom. The summed E-state index contributed by atoms with van der Waals surface area (Å²) in [6, 6.07) is 14.5. The zero-order chi connectivity index (χ0) is 19.2. The van der Waals surface area contributed by atoms with Crippen molar-refractivity contribution in [3.63, 3.8) is 0 Å². The van der Waals surface area contributed by atoms with Gasteiger partial charge in [-0.2, -0.15) is 5.10 Å². The summed E-state index contributed by atoms with van der Waals surface area (Å²) >= 11 is 9.32. The zero-order valence-electron chi connectivity index (χ0n) is 14.8. The predicted molar refractivity (Wildman–Crippen MR) is 109 cm³/mol. The monoisotopic (exact) mass is 447 g/mol. The van der Waals surface area contributed by atoms with Crippen molar-refractivity contribution in [1.82, 2.24) is 15.1 Å². The molecule has 0 saturated heterocycles. The third-order valence-electron chi connectivity index (χ3n) is 3.96. The van der Waals surface area contributed by atoms with E-state index in [4.69, 9.17) is 16.3 Å². The van der Waals surface area contributed by atoms with Crippen LogP contribution in [0.1, 0.15) is 28.5 Å². The second kappa shape index (κ2) is 9.06. The standard InChI is InChI=1S/C20H19BrClN3O2/c1-2-25-12-18(21)19(24-25)11-23-20(26)15-5-3-14(4-6-15)13-27-17-9-7-16(22)8-10-17/h3-10,12H,2,11,13H2,1H3,(H,23,26). The minimum absolute atomic E-state index is 0.141. The maximum Gasteiger partial charge on any atom is 0.251 e. The average molecular weight is 449 g/mol. The summed E-state index contributed by atoms with van der Waals surface area (Å²) in [6.45, 7) is 3.59. The summed E-state index contributed by atoms with van der Waals surface area (Å²) in [5, 5.41) is 7.96. The molecular weight excluding hydrogens is 430 g/mol. The largest absolute Gasteiger partial charge is 0.489 e. The van der Waals surface area contributed by atoms with Crippen LogP contribution in [0.2, 0.25) is 5.02 Å². The molecule has 0 radical (unpaired) electrons. The highest BCUT2D eigenvalue weighted by molar-refractivity contribution is 9.10. The van der Waals surface area contributed by atoms with Gasteiger partial charge >= 0.3 is 0 Å². The van der Waals surface area contributed by atoms with E-state index in [2.05, 4.69) is 26.3 Å². The number of nitrogens with zero attached hydrogens (tertiary/aromatic N) is 2. The molecule has 1 N–H and O–H groups in total. The molecule has 5 nitrogen and oxygen atoms in total. The van der Waals surface area contributed by atoms with E-state index in [1.54, 1.807) is 24.3 Å². The van der Waals surface area contributed by atoms with Gasteiger partial charge in [0.15, 0.2) is 0 Å². The van der Waals surface area contributed by atoms with E-state index < -0.39 is 0 Å². The number of aromatic nitrogens is 2. The second-order valence-electron chi connectivity index (χ2n) is 5.90. The summed E-state index contributed by atoms with van der Waals surface area (Å²) in [6.07, 6.45) is 1.90. The molecule has 7 heteroatoms. The van der Waals surface area contributed by atoms with Crippen LogP contribution in [0.25, 0.3) is 0 Å². The molecule has 2 aromatic carbocycles. The van der Waals surface area contributed by atoms with Gasteiger partial charge in [-0.15, -0.1) is 0 Å². The first-order chi connectivity index (χ1) is 13.0. The van der Waals surface area contributed by atoms with E-state index in [-0.39, 0.29) is 5.91 Å². The lowest BCUT2D eigenvalue weighted by Gasteiger charge is -2.08. The molecule has 0 aliphatic rings. The molecule has 0 aliphatic carbocycles. The highest BCUT2D eigenvalue weighted by Gasteiger charge is 2.10. The van der Waals surface area contributed by atoms with Crippen molar-refractivity contribution in [2.24, 2.45) is 0 Å². The van der Waals surface area contributed by atoms with E-state index in [0.29, 0.717) is 23.7 Å². The van der Waals surface area contributed by atoms with Gasteiger partial charge in [0.05, 0.1) is 16.7 Å². The van der Waals surface area contributed by atoms with Crippen LogP contribution in [-0.4, -0.2) is 15.7 Å². The topological polar surface area (TPSA) is 56.2 Å². The Bertz CT molecular complexity index is 908. The number of nitrogens with one attached hydrogen (secondary N) is 1. The van der Waals surface area contributed by atoms with Crippen molar-refractivity contribution in [2.45, 2.75) is 26.6 Å². The van der Waals surface area contributed by atoms with Crippen molar-refractivity contribution in [3.05, 3.63) is 81.0 Å². The first kappa shape index (κ1) is 19.5. The third-order valence-corrected chi connectivity index (χ3v) is 4.88. The van der Waals surface area contributed by atoms with Crippen molar-refractivity contribution < 1.29 is 9.53 Å². The molecule has 27 heavy (non-hydrogen) atoms. The minimum atomic E-state index is -0.141. The Balaban J connectivity index is 1.53. The predicted octanol–water partition coefficient (Wildman–Crippen LogP) is 4.83. The summed E-state index contributed by atoms with van der Waals surface area (Å²) in [5.74, 6) is 0.608. The molecule has 0 fully saturated rings. The molecular formula is C20H19BrClN3O2. The molecule has 0 aliphatic heterocycles. The summed E-state index contributed by atoms with van der Waals surface area (Å²) in [7, 11) is 0. The van der Waals surface area contributed by atoms with E-state index in [1.165, 1.54) is 0 Å². The van der Waals surface area contributed by atoms with Crippen LogP contribution >= 0.6 is 27.5 Å². The van der Waals surface area contributed by atoms with Gasteiger partial charge in [-0.3, -0.25) is 9.48 Å². The fourth-order valence-corrected chi connectivity index (χ4v) is 3.02. The number of amides is 1. The third kappa shape index (κ3) is 5.34. The Morgan fingerprint density at radius 1 is 1.19 bits per heavy atom. The zero-order valence-corrected chi connectivity index (χ0v) is 17.1. The molecule has 0 unspecified atom stereocenters. The molecule has 1 aromatic heterocycles. The van der Waals surface area contributed by atoms with Crippen LogP contribution in [0.5, 0.6) is 5.75 Å². The van der Waals surface area contributed by atoms with E-state index in [1.807, 2.05) is 42.1 Å². The quantitative estimate of drug-likeness (QED) is 0.563. The van der Waals surface area contributed by atoms with Gasteiger partial charge in [-0.05, 0) is 64.8 Å². The first-order valence-electron chi connectivity index (χ1n) is 8.52. The first-order valence-corrected chi connectivity index (χ1v) is 9.69. The number of halogens is 2. The normalized spacial score (nSPS) is 10.6. The molecule has 1 heterocycles. The van der Waals surface area contributed by atoms with Gasteiger partial charge < -0.3 is 10.1 Å². The Morgan fingerprint density at radius 3 is 2.52 bits per heavy atom. The van der Waals surface area contributed by atoms with Gasteiger partial charge in [-0.1, -0.05) is 23.7 Å².